The number of halogens is 1. The summed E-state index contributed by atoms with van der Waals surface area (Å²) in [5, 5.41) is 18.2. The van der Waals surface area contributed by atoms with Crippen molar-refractivity contribution < 1.29 is 33.8 Å². The van der Waals surface area contributed by atoms with Crippen LogP contribution in [0, 0.1) is 17.2 Å². The number of thiocarbonyl (C=S) groups is 1. The molecular weight excluding hydrogens is 485 g/mol. The van der Waals surface area contributed by atoms with E-state index in [0.29, 0.717) is 5.56 Å². The zero-order chi connectivity index (χ0) is 26.6. The molecule has 7 nitrogen and oxygen atoms in total. The lowest BCUT2D eigenvalue weighted by molar-refractivity contribution is -0.147. The van der Waals surface area contributed by atoms with Gasteiger partial charge in [0.05, 0.1) is 11.6 Å². The molecule has 1 saturated carbocycles. The smallest absolute Gasteiger partial charge is 0.335 e. The number of rotatable bonds is 7. The number of carbonyl (C=O) groups excluding carboxylic acids is 2. The Bertz CT molecular complexity index is 1130. The first-order chi connectivity index (χ1) is 17.0. The predicted octanol–water partition coefficient (Wildman–Crippen LogP) is 4.32. The fraction of sp³-hybridized carbons (Fsp3) is 0.444. The number of carbonyl (C=O) groups is 4. The highest BCUT2D eigenvalue weighted by Crippen LogP contribution is 2.39. The van der Waals surface area contributed by atoms with E-state index in [4.69, 9.17) is 17.3 Å². The number of aliphatic carboxylic acids is 2. The van der Waals surface area contributed by atoms with Crippen LogP contribution in [0.3, 0.4) is 0 Å². The second-order valence-electron chi connectivity index (χ2n) is 9.35. The summed E-state index contributed by atoms with van der Waals surface area (Å²) in [5.74, 6) is -3.27. The van der Waals surface area contributed by atoms with Crippen LogP contribution >= 0.6 is 12.2 Å². The average molecular weight is 516 g/mol. The molecule has 2 N–H and O–H groups in total. The Morgan fingerprint density at radius 2 is 1.67 bits per heavy atom. The third kappa shape index (κ3) is 5.37. The Hall–Kier alpha value is -3.04. The predicted molar refractivity (Wildman–Crippen MR) is 135 cm³/mol. The standard InChI is InChI=1S/C16H20FNO.C11H10O5S/c17-14-7-3-2-6-13(14)15(16(19)12-8-9-12)18-10-4-1-5-11-18;1-5-7(9(13)14)3-4-8(17)11(5,6(2)12)10(15)16/h2-3,6-7,12,15H,1,4-5,8-11H2;3-4H,1-2H3,(H,13,14)(H,15,16). The molecule has 2 aliphatic carbocycles. The molecule has 4 rings (SSSR count). The number of carboxylic acids is 2. The minimum Gasteiger partial charge on any atom is -0.480 e. The molecule has 0 amide bonds. The highest BCUT2D eigenvalue weighted by molar-refractivity contribution is 7.81. The molecule has 36 heavy (non-hydrogen) atoms. The number of nitrogens with zero attached hydrogens (tertiary/aromatic N) is 1. The normalized spacial score (nSPS) is 22.9. The van der Waals surface area contributed by atoms with Gasteiger partial charge < -0.3 is 10.2 Å². The number of carboxylic acid groups (broad SMARTS) is 2. The van der Waals surface area contributed by atoms with Crippen molar-refractivity contribution >= 4 is 40.6 Å². The van der Waals surface area contributed by atoms with Gasteiger partial charge in [-0.25, -0.2) is 9.18 Å². The van der Waals surface area contributed by atoms with Crippen molar-refractivity contribution in [2.75, 3.05) is 13.1 Å². The largest absolute Gasteiger partial charge is 0.480 e. The molecule has 192 valence electrons. The molecule has 0 aromatic heterocycles. The summed E-state index contributed by atoms with van der Waals surface area (Å²) in [6.07, 6.45) is 7.81. The Labute approximate surface area is 214 Å². The lowest BCUT2D eigenvalue weighted by Crippen LogP contribution is -2.47. The summed E-state index contributed by atoms with van der Waals surface area (Å²) in [7, 11) is 0. The summed E-state index contributed by atoms with van der Waals surface area (Å²) >= 11 is 4.89. The molecule has 1 aromatic carbocycles. The van der Waals surface area contributed by atoms with E-state index < -0.39 is 23.1 Å². The molecule has 1 aliphatic heterocycles. The van der Waals surface area contributed by atoms with Crippen LogP contribution in [-0.2, 0) is 19.2 Å². The highest BCUT2D eigenvalue weighted by Gasteiger charge is 2.51. The second kappa shape index (κ2) is 11.3. The van der Waals surface area contributed by atoms with Crippen molar-refractivity contribution in [3.63, 3.8) is 0 Å². The van der Waals surface area contributed by atoms with Gasteiger partial charge in [-0.1, -0.05) is 36.8 Å². The van der Waals surface area contributed by atoms with Gasteiger partial charge in [-0.3, -0.25) is 19.3 Å². The van der Waals surface area contributed by atoms with Gasteiger partial charge >= 0.3 is 11.9 Å². The van der Waals surface area contributed by atoms with Crippen LogP contribution in [0.2, 0.25) is 0 Å². The van der Waals surface area contributed by atoms with Crippen molar-refractivity contribution in [2.24, 2.45) is 11.3 Å². The van der Waals surface area contributed by atoms with Crippen LogP contribution in [0.1, 0.15) is 57.6 Å². The van der Waals surface area contributed by atoms with E-state index in [1.54, 1.807) is 12.1 Å². The summed E-state index contributed by atoms with van der Waals surface area (Å²) in [4.78, 5) is 48.5. The Morgan fingerprint density at radius 3 is 2.17 bits per heavy atom. The molecular formula is C27H30FNO6S. The van der Waals surface area contributed by atoms with E-state index in [2.05, 4.69) is 4.90 Å². The fourth-order valence-electron chi connectivity index (χ4n) is 4.88. The molecule has 0 bridgehead atoms. The Morgan fingerprint density at radius 1 is 1.06 bits per heavy atom. The molecule has 2 fully saturated rings. The zero-order valence-electron chi connectivity index (χ0n) is 20.3. The van der Waals surface area contributed by atoms with Gasteiger partial charge in [0.1, 0.15) is 5.82 Å². The lowest BCUT2D eigenvalue weighted by atomic mass is 9.70. The van der Waals surface area contributed by atoms with Crippen LogP contribution in [0.25, 0.3) is 0 Å². The van der Waals surface area contributed by atoms with Gasteiger partial charge in [-0.15, -0.1) is 0 Å². The number of benzene rings is 1. The van der Waals surface area contributed by atoms with Gasteiger partial charge in [0.25, 0.3) is 0 Å². The summed E-state index contributed by atoms with van der Waals surface area (Å²) in [6.45, 7) is 4.21. The van der Waals surface area contributed by atoms with E-state index in [-0.39, 0.29) is 39.6 Å². The van der Waals surface area contributed by atoms with Gasteiger partial charge in [-0.05, 0) is 76.4 Å². The van der Waals surface area contributed by atoms with Crippen molar-refractivity contribution in [1.82, 2.24) is 4.90 Å². The SMILES string of the molecule is CC(=O)C1(C(=O)O)C(=S)C=CC(C(=O)O)=C1C.O=C(C1CC1)C(c1ccccc1F)N1CCCCC1. The van der Waals surface area contributed by atoms with Crippen LogP contribution in [0.15, 0.2) is 47.6 Å². The number of ketones is 2. The molecule has 0 spiro atoms. The topological polar surface area (TPSA) is 112 Å². The van der Waals surface area contributed by atoms with Gasteiger partial charge in [-0.2, -0.15) is 0 Å². The molecule has 2 unspecified atom stereocenters. The molecule has 3 aliphatic rings. The molecule has 1 aromatic rings. The number of piperidine rings is 1. The minimum absolute atomic E-state index is 0.0579. The molecule has 1 saturated heterocycles. The third-order valence-electron chi connectivity index (χ3n) is 7.02. The zero-order valence-corrected chi connectivity index (χ0v) is 21.1. The summed E-state index contributed by atoms with van der Waals surface area (Å²) in [6, 6.07) is 6.40. The maximum atomic E-state index is 14.1. The van der Waals surface area contributed by atoms with Crippen LogP contribution < -0.4 is 0 Å². The number of hydrogen-bond donors (Lipinski definition) is 2. The van der Waals surface area contributed by atoms with Crippen molar-refractivity contribution in [3.05, 3.63) is 58.9 Å². The average Bonchev–Trinajstić information content (AvgIpc) is 3.67. The third-order valence-corrected chi connectivity index (χ3v) is 7.46. The van der Waals surface area contributed by atoms with E-state index in [1.165, 1.54) is 31.6 Å². The maximum Gasteiger partial charge on any atom is 0.335 e. The van der Waals surface area contributed by atoms with Gasteiger partial charge in [0, 0.05) is 16.3 Å². The molecule has 0 radical (unpaired) electrons. The Kier molecular flexibility index (Phi) is 8.68. The molecule has 2 atom stereocenters. The van der Waals surface area contributed by atoms with Crippen LogP contribution in [0.5, 0.6) is 0 Å². The summed E-state index contributed by atoms with van der Waals surface area (Å²) in [5.41, 5.74) is -1.73. The molecule has 1 heterocycles. The van der Waals surface area contributed by atoms with E-state index in [9.17, 15) is 28.7 Å². The van der Waals surface area contributed by atoms with Gasteiger partial charge in [0.15, 0.2) is 17.0 Å². The first-order valence-electron chi connectivity index (χ1n) is 12.0. The number of likely N-dealkylation sites (tertiary alicyclic amines) is 1. The number of Topliss-reactive ketones (excluding diaryl/α,β-unsaturated/α-hetero) is 2. The van der Waals surface area contributed by atoms with Gasteiger partial charge in [0.2, 0.25) is 0 Å². The van der Waals surface area contributed by atoms with E-state index >= 15 is 0 Å². The van der Waals surface area contributed by atoms with Crippen LogP contribution in [-0.4, -0.2) is 56.6 Å². The number of hydrogen-bond acceptors (Lipinski definition) is 6. The first-order valence-corrected chi connectivity index (χ1v) is 12.4. The van der Waals surface area contributed by atoms with E-state index in [0.717, 1.165) is 45.7 Å². The quantitative estimate of drug-likeness (QED) is 0.408. The first kappa shape index (κ1) is 27.5. The van der Waals surface area contributed by atoms with E-state index in [1.807, 2.05) is 6.07 Å². The Balaban J connectivity index is 0.000000202. The van der Waals surface area contributed by atoms with Crippen LogP contribution in [0.4, 0.5) is 4.39 Å². The molecule has 9 heteroatoms. The van der Waals surface area contributed by atoms with Crippen molar-refractivity contribution in [3.8, 4) is 0 Å². The minimum atomic E-state index is -2.03. The highest BCUT2D eigenvalue weighted by atomic mass is 32.1. The van der Waals surface area contributed by atoms with Crippen molar-refractivity contribution in [2.45, 2.75) is 52.0 Å². The second-order valence-corrected chi connectivity index (χ2v) is 9.79. The van der Waals surface area contributed by atoms with Crippen molar-refractivity contribution in [1.29, 1.82) is 0 Å². The maximum absolute atomic E-state index is 14.1. The summed E-state index contributed by atoms with van der Waals surface area (Å²) < 4.78 is 14.1. The lowest BCUT2D eigenvalue weighted by Gasteiger charge is -2.34. The fourth-order valence-corrected chi connectivity index (χ4v) is 5.33. The monoisotopic (exact) mass is 515 g/mol. The number of allylic oxidation sites excluding steroid dienone is 1.